The number of nitrogens with zero attached hydrogens (tertiary/aromatic N) is 4. The van der Waals surface area contributed by atoms with Gasteiger partial charge in [-0.3, -0.25) is 14.9 Å². The number of amides is 2. The number of pyridine rings is 1. The molecule has 0 atom stereocenters. The molecule has 2 aliphatic rings. The molecular weight excluding hydrogens is 492 g/mol. The fourth-order valence-corrected chi connectivity index (χ4v) is 5.14. The fourth-order valence-electron chi connectivity index (χ4n) is 4.47. The van der Waals surface area contributed by atoms with Gasteiger partial charge in [-0.2, -0.15) is 4.98 Å². The number of nitrogens with one attached hydrogen (secondary N) is 2. The molecule has 2 amide bonds. The first-order chi connectivity index (χ1) is 18.0. The molecule has 2 saturated heterocycles. The lowest BCUT2D eigenvalue weighted by Crippen LogP contribution is -2.38. The molecule has 1 aromatic carbocycles. The molecule has 5 rings (SSSR count). The number of fused-ring (bicyclic) bond motifs is 1. The number of carbonyl (C=O) groups excluding carboxylic acids is 2. The van der Waals surface area contributed by atoms with Crippen molar-refractivity contribution in [2.45, 2.75) is 19.4 Å². The number of methoxy groups -OCH3 is 2. The van der Waals surface area contributed by atoms with Crippen LogP contribution in [0.3, 0.4) is 0 Å². The van der Waals surface area contributed by atoms with Gasteiger partial charge in [-0.25, -0.2) is 9.97 Å². The van der Waals surface area contributed by atoms with Crippen LogP contribution >= 0.6 is 11.8 Å². The number of thioether (sulfide) groups is 1. The summed E-state index contributed by atoms with van der Waals surface area (Å²) in [7, 11) is 3.21. The van der Waals surface area contributed by atoms with Gasteiger partial charge in [-0.1, -0.05) is 18.2 Å². The lowest BCUT2D eigenvalue weighted by molar-refractivity contribution is -0.115. The zero-order valence-corrected chi connectivity index (χ0v) is 21.5. The van der Waals surface area contributed by atoms with Gasteiger partial charge in [-0.05, 0) is 55.3 Å². The largest absolute Gasteiger partial charge is 0.494 e. The molecule has 192 valence electrons. The summed E-state index contributed by atoms with van der Waals surface area (Å²) in [5.41, 5.74) is 2.39. The van der Waals surface area contributed by atoms with Crippen LogP contribution in [0.1, 0.15) is 24.2 Å². The van der Waals surface area contributed by atoms with Crippen LogP contribution in [0, 0.1) is 5.92 Å². The molecule has 11 heteroatoms. The van der Waals surface area contributed by atoms with Gasteiger partial charge >= 0.3 is 0 Å². The normalized spacial score (nSPS) is 17.5. The first-order valence-corrected chi connectivity index (χ1v) is 12.9. The van der Waals surface area contributed by atoms with E-state index in [4.69, 9.17) is 14.5 Å². The molecule has 0 spiro atoms. The van der Waals surface area contributed by atoms with Crippen LogP contribution in [0.4, 0.5) is 10.7 Å². The van der Waals surface area contributed by atoms with E-state index in [1.165, 1.54) is 0 Å². The third-order valence-electron chi connectivity index (χ3n) is 6.44. The van der Waals surface area contributed by atoms with Crippen molar-refractivity contribution in [3.05, 3.63) is 52.7 Å². The Hall–Kier alpha value is -3.70. The highest BCUT2D eigenvalue weighted by Gasteiger charge is 2.26. The standard InChI is InChI=1S/C26H28N6O4S/c1-35-20-5-3-4-17-6-7-18(28-23(17)20)15-27-14-16-8-10-32(11-9-16)25-29-19(13-22(30-25)36-2)12-21-24(33)31-26(34)37-21/h3-7,12-13,16,27H,8-11,14-15H2,1-2H3,(H,31,33,34)/b21-12-. The number of aromatic nitrogens is 3. The van der Waals surface area contributed by atoms with E-state index in [9.17, 15) is 9.59 Å². The molecule has 2 N–H and O–H groups in total. The molecule has 2 aliphatic heterocycles. The van der Waals surface area contributed by atoms with Gasteiger partial charge in [0.05, 0.1) is 30.5 Å². The van der Waals surface area contributed by atoms with Crippen LogP contribution in [0.2, 0.25) is 0 Å². The third kappa shape index (κ3) is 5.83. The summed E-state index contributed by atoms with van der Waals surface area (Å²) in [5.74, 6) is 1.87. The highest BCUT2D eigenvalue weighted by atomic mass is 32.2. The predicted molar refractivity (Wildman–Crippen MR) is 143 cm³/mol. The average molecular weight is 521 g/mol. The van der Waals surface area contributed by atoms with Gasteiger partial charge in [0.2, 0.25) is 11.8 Å². The Bertz CT molecular complexity index is 1360. The molecular formula is C26H28N6O4S. The highest BCUT2D eigenvalue weighted by molar-refractivity contribution is 8.18. The van der Waals surface area contributed by atoms with Crippen LogP contribution in [-0.2, 0) is 11.3 Å². The predicted octanol–water partition coefficient (Wildman–Crippen LogP) is 3.37. The van der Waals surface area contributed by atoms with Gasteiger partial charge in [0.1, 0.15) is 11.3 Å². The molecule has 0 saturated carbocycles. The summed E-state index contributed by atoms with van der Waals surface area (Å²) in [6.45, 7) is 3.22. The minimum Gasteiger partial charge on any atom is -0.494 e. The zero-order chi connectivity index (χ0) is 25.8. The Balaban J connectivity index is 1.17. The summed E-state index contributed by atoms with van der Waals surface area (Å²) < 4.78 is 10.8. The van der Waals surface area contributed by atoms with Crippen molar-refractivity contribution >= 4 is 45.8 Å². The monoisotopic (exact) mass is 520 g/mol. The minimum atomic E-state index is -0.416. The van der Waals surface area contributed by atoms with Gasteiger partial charge in [-0.15, -0.1) is 0 Å². The molecule has 0 bridgehead atoms. The van der Waals surface area contributed by atoms with Crippen molar-refractivity contribution in [1.29, 1.82) is 0 Å². The number of para-hydroxylation sites is 1. The Labute approximate surface area is 218 Å². The van der Waals surface area contributed by atoms with Crippen LogP contribution < -0.4 is 25.0 Å². The van der Waals surface area contributed by atoms with E-state index in [-0.39, 0.29) is 5.24 Å². The van der Waals surface area contributed by atoms with E-state index < -0.39 is 5.91 Å². The van der Waals surface area contributed by atoms with Crippen molar-refractivity contribution in [1.82, 2.24) is 25.6 Å². The van der Waals surface area contributed by atoms with Crippen LogP contribution in [0.25, 0.3) is 17.0 Å². The van der Waals surface area contributed by atoms with Crippen molar-refractivity contribution in [2.75, 3.05) is 38.8 Å². The second kappa shape index (κ2) is 11.1. The topological polar surface area (TPSA) is 119 Å². The molecule has 0 unspecified atom stereocenters. The van der Waals surface area contributed by atoms with Crippen LogP contribution in [-0.4, -0.2) is 60.0 Å². The smallest absolute Gasteiger partial charge is 0.290 e. The second-order valence-electron chi connectivity index (χ2n) is 8.88. The summed E-state index contributed by atoms with van der Waals surface area (Å²) >= 11 is 0.861. The Morgan fingerprint density at radius 3 is 2.68 bits per heavy atom. The highest BCUT2D eigenvalue weighted by Crippen LogP contribution is 2.28. The molecule has 2 aromatic heterocycles. The van der Waals surface area contributed by atoms with Crippen molar-refractivity contribution in [3.63, 3.8) is 0 Å². The van der Waals surface area contributed by atoms with Gasteiger partial charge in [0.15, 0.2) is 0 Å². The Kier molecular flexibility index (Phi) is 7.52. The second-order valence-corrected chi connectivity index (χ2v) is 9.90. The quantitative estimate of drug-likeness (QED) is 0.428. The number of ether oxygens (including phenoxy) is 2. The van der Waals surface area contributed by atoms with Crippen molar-refractivity contribution < 1.29 is 19.1 Å². The maximum atomic E-state index is 11.9. The molecule has 10 nitrogen and oxygen atoms in total. The lowest BCUT2D eigenvalue weighted by Gasteiger charge is -2.32. The number of hydrogen-bond acceptors (Lipinski definition) is 10. The number of benzene rings is 1. The molecule has 37 heavy (non-hydrogen) atoms. The third-order valence-corrected chi connectivity index (χ3v) is 7.25. The van der Waals surface area contributed by atoms with E-state index in [1.54, 1.807) is 26.4 Å². The van der Waals surface area contributed by atoms with E-state index in [0.717, 1.165) is 66.6 Å². The van der Waals surface area contributed by atoms with Gasteiger partial charge in [0, 0.05) is 31.1 Å². The maximum Gasteiger partial charge on any atom is 0.290 e. The number of rotatable bonds is 8. The summed E-state index contributed by atoms with van der Waals surface area (Å²) in [5, 5.41) is 6.49. The van der Waals surface area contributed by atoms with Crippen molar-refractivity contribution in [3.8, 4) is 11.6 Å². The lowest BCUT2D eigenvalue weighted by atomic mass is 9.97. The van der Waals surface area contributed by atoms with Crippen molar-refractivity contribution in [2.24, 2.45) is 5.92 Å². The first-order valence-electron chi connectivity index (χ1n) is 12.1. The van der Waals surface area contributed by atoms with Gasteiger partial charge < -0.3 is 19.7 Å². The summed E-state index contributed by atoms with van der Waals surface area (Å²) in [4.78, 5) is 39.7. The van der Waals surface area contributed by atoms with Crippen LogP contribution in [0.5, 0.6) is 11.6 Å². The maximum absolute atomic E-state index is 11.9. The fraction of sp³-hybridized carbons (Fsp3) is 0.346. The first kappa shape index (κ1) is 25.0. The average Bonchev–Trinajstić information content (AvgIpc) is 3.24. The SMILES string of the molecule is COc1cc(/C=C2\SC(=O)NC2=O)nc(N2CCC(CNCc3ccc4cccc(OC)c4n3)CC2)n1. The Morgan fingerprint density at radius 2 is 1.95 bits per heavy atom. The number of piperidine rings is 1. The minimum absolute atomic E-state index is 0.306. The summed E-state index contributed by atoms with van der Waals surface area (Å²) in [6.07, 6.45) is 3.58. The zero-order valence-electron chi connectivity index (χ0n) is 20.7. The number of carbonyl (C=O) groups is 2. The molecule has 2 fully saturated rings. The molecule has 0 radical (unpaired) electrons. The van der Waals surface area contributed by atoms with E-state index in [2.05, 4.69) is 31.6 Å². The summed E-state index contributed by atoms with van der Waals surface area (Å²) in [6, 6.07) is 11.7. The Morgan fingerprint density at radius 1 is 1.11 bits per heavy atom. The number of hydrogen-bond donors (Lipinski definition) is 2. The van der Waals surface area contributed by atoms with E-state index in [1.807, 2.05) is 24.3 Å². The molecule has 3 aromatic rings. The van der Waals surface area contributed by atoms with Gasteiger partial charge in [0.25, 0.3) is 11.1 Å². The number of anilines is 1. The van der Waals surface area contributed by atoms with Crippen LogP contribution in [0.15, 0.2) is 41.3 Å². The number of imide groups is 1. The molecule has 0 aliphatic carbocycles. The van der Waals surface area contributed by atoms with E-state index >= 15 is 0 Å². The molecule has 4 heterocycles. The van der Waals surface area contributed by atoms with E-state index in [0.29, 0.717) is 34.9 Å².